The van der Waals surface area contributed by atoms with Gasteiger partial charge in [0.2, 0.25) is 0 Å². The van der Waals surface area contributed by atoms with E-state index in [9.17, 15) is 9.90 Å². The molecule has 12 heteroatoms. The molecule has 0 aromatic heterocycles. The van der Waals surface area contributed by atoms with E-state index in [-0.39, 0.29) is 48.7 Å². The van der Waals surface area contributed by atoms with E-state index >= 15 is 0 Å². The molecule has 1 aliphatic heterocycles. The lowest BCUT2D eigenvalue weighted by Gasteiger charge is -2.47. The Bertz CT molecular complexity index is 1040. The van der Waals surface area contributed by atoms with Crippen LogP contribution in [-0.4, -0.2) is 108 Å². The Hall–Kier alpha value is -1.35. The molecule has 0 saturated carbocycles. The normalized spacial score (nSPS) is 24.6. The number of ketones is 1. The van der Waals surface area contributed by atoms with Gasteiger partial charge in [0.25, 0.3) is 0 Å². The third kappa shape index (κ3) is 12.5. The summed E-state index contributed by atoms with van der Waals surface area (Å²) in [5, 5.41) is 19.2. The number of likely N-dealkylation sites (N-methyl/N-ethyl adjacent to an activating group) is 1. The van der Waals surface area contributed by atoms with Crippen molar-refractivity contribution in [1.29, 1.82) is 5.41 Å². The Morgan fingerprint density at radius 3 is 2.23 bits per heavy atom. The number of carbonyl (C=O) groups is 1. The fourth-order valence-electron chi connectivity index (χ4n) is 5.68. The average Bonchev–Trinajstić information content (AvgIpc) is 2.97. The van der Waals surface area contributed by atoms with Crippen molar-refractivity contribution in [1.82, 2.24) is 4.90 Å². The second-order valence-corrected chi connectivity index (χ2v) is 15.4. The minimum atomic E-state index is -1.45. The highest BCUT2D eigenvalue weighted by Crippen LogP contribution is 2.39. The van der Waals surface area contributed by atoms with Crippen molar-refractivity contribution >= 4 is 24.1 Å². The number of nitrogens with zero attached hydrogens (tertiary/aromatic N) is 1. The molecule has 9 atom stereocenters. The van der Waals surface area contributed by atoms with Crippen LogP contribution in [0.15, 0.2) is 24.5 Å². The van der Waals surface area contributed by atoms with Crippen molar-refractivity contribution in [3.8, 4) is 0 Å². The van der Waals surface area contributed by atoms with Crippen LogP contribution in [0.5, 0.6) is 0 Å². The summed E-state index contributed by atoms with van der Waals surface area (Å²) in [4.78, 5) is 22.1. The molecule has 4 unspecified atom stereocenters. The van der Waals surface area contributed by atoms with Gasteiger partial charge in [-0.05, 0) is 88.7 Å². The first kappa shape index (κ1) is 43.7. The third-order valence-electron chi connectivity index (χ3n) is 8.96. The molecular weight excluding hydrogens is 622 g/mol. The van der Waals surface area contributed by atoms with E-state index in [0.29, 0.717) is 25.7 Å². The van der Waals surface area contributed by atoms with Gasteiger partial charge in [-0.15, -0.1) is 0 Å². The molecule has 11 nitrogen and oxygen atoms in total. The molecule has 0 aromatic carbocycles. The lowest BCUT2D eigenvalue weighted by Crippen LogP contribution is -2.60. The Kier molecular flexibility index (Phi) is 17.3. The second-order valence-electron chi connectivity index (χ2n) is 14.5. The van der Waals surface area contributed by atoms with Crippen molar-refractivity contribution in [2.75, 3.05) is 27.3 Å². The zero-order chi connectivity index (χ0) is 36.5. The maximum absolute atomic E-state index is 14.6. The molecule has 47 heavy (non-hydrogen) atoms. The monoisotopic (exact) mass is 687 g/mol. The average molecular weight is 688 g/mol. The third-order valence-corrected chi connectivity index (χ3v) is 9.43. The summed E-state index contributed by atoms with van der Waals surface area (Å²) in [6.07, 6.45) is -1.25. The van der Waals surface area contributed by atoms with Crippen molar-refractivity contribution in [2.45, 2.75) is 154 Å². The van der Waals surface area contributed by atoms with Crippen LogP contribution in [0.2, 0.25) is 0 Å². The minimum absolute atomic E-state index is 0.0560. The summed E-state index contributed by atoms with van der Waals surface area (Å²) >= 11 is 4.82. The van der Waals surface area contributed by atoms with Crippen LogP contribution in [0.4, 0.5) is 0 Å². The Labute approximate surface area is 289 Å². The molecule has 0 aliphatic carbocycles. The van der Waals surface area contributed by atoms with Gasteiger partial charge in [-0.25, -0.2) is 5.90 Å². The van der Waals surface area contributed by atoms with Crippen LogP contribution in [-0.2, 0) is 33.3 Å². The summed E-state index contributed by atoms with van der Waals surface area (Å²) in [7, 11) is 3.88. The Morgan fingerprint density at radius 1 is 1.17 bits per heavy atom. The summed E-state index contributed by atoms with van der Waals surface area (Å²) in [5.41, 5.74) is -1.21. The van der Waals surface area contributed by atoms with E-state index in [1.807, 2.05) is 67.5 Å². The largest absolute Gasteiger partial charge is 0.490 e. The topological polar surface area (TPSA) is 146 Å². The van der Waals surface area contributed by atoms with Crippen LogP contribution in [0.25, 0.3) is 0 Å². The Balaban J connectivity index is 3.56. The first-order valence-corrected chi connectivity index (χ1v) is 17.1. The van der Waals surface area contributed by atoms with Crippen LogP contribution in [0, 0.1) is 11.3 Å². The molecule has 0 radical (unpaired) electrons. The van der Waals surface area contributed by atoms with Crippen LogP contribution in [0.3, 0.4) is 0 Å². The molecule has 1 aliphatic rings. The quantitative estimate of drug-likeness (QED) is 0.0392. The van der Waals surface area contributed by atoms with Gasteiger partial charge in [-0.2, -0.15) is 12.6 Å². The summed E-state index contributed by atoms with van der Waals surface area (Å²) in [6, 6.07) is -0.115. The van der Waals surface area contributed by atoms with Crippen molar-refractivity contribution in [2.24, 2.45) is 11.8 Å². The SMILES string of the molecule is C=C(C)C(C)OCC(=N)COC(C)(C)[C@H](OC1OC(C)CC(N(C)C)[C@H]1ON)[C@@H](CCC)C(=O)[C@](C)(S)C(=C)O[C@H](CC)C(C)(C)O. The standard InChI is InChI=1S/C35H65N3O8S/c1-15-17-26(30(39)35(12,47)24(7)44-28(16-2)33(8,9)40)31(34(10,11)42-20-25(36)19-41-23(6)21(3)4)45-32-29(46-37)27(38(13)14)18-22(5)43-32/h22-23,26-29,31-32,36,40,47H,3,7,15-20,37H2,1-2,4-6,8-14H3/t22?,23?,26-,27?,28+,29+,31+,32?,35+/m0/s1. The smallest absolute Gasteiger partial charge is 0.188 e. The number of Topliss-reactive ketones (excluding diaryl/α,β-unsaturated/α-hetero) is 1. The van der Waals surface area contributed by atoms with Crippen molar-refractivity contribution in [3.05, 3.63) is 24.5 Å². The first-order chi connectivity index (χ1) is 21.5. The number of hydrogen-bond acceptors (Lipinski definition) is 12. The molecule has 274 valence electrons. The van der Waals surface area contributed by atoms with Crippen LogP contribution >= 0.6 is 12.6 Å². The maximum Gasteiger partial charge on any atom is 0.188 e. The number of aliphatic hydroxyl groups is 1. The predicted molar refractivity (Wildman–Crippen MR) is 190 cm³/mol. The highest BCUT2D eigenvalue weighted by Gasteiger charge is 2.51. The molecular formula is C35H65N3O8S. The number of hydrogen-bond donors (Lipinski definition) is 4. The highest BCUT2D eigenvalue weighted by atomic mass is 32.1. The minimum Gasteiger partial charge on any atom is -0.490 e. The van der Waals surface area contributed by atoms with Gasteiger partial charge in [0, 0.05) is 12.0 Å². The lowest BCUT2D eigenvalue weighted by atomic mass is 9.79. The van der Waals surface area contributed by atoms with Gasteiger partial charge in [0.05, 0.1) is 48.4 Å². The second kappa shape index (κ2) is 18.6. The van der Waals surface area contributed by atoms with Gasteiger partial charge in [0.1, 0.15) is 22.7 Å². The van der Waals surface area contributed by atoms with Crippen molar-refractivity contribution < 1.29 is 38.4 Å². The van der Waals surface area contributed by atoms with Gasteiger partial charge in [-0.3, -0.25) is 9.63 Å². The van der Waals surface area contributed by atoms with Crippen LogP contribution < -0.4 is 5.90 Å². The zero-order valence-corrected chi connectivity index (χ0v) is 31.9. The van der Waals surface area contributed by atoms with E-state index < -0.39 is 46.5 Å². The van der Waals surface area contributed by atoms with Crippen molar-refractivity contribution in [3.63, 3.8) is 0 Å². The van der Waals surface area contributed by atoms with Crippen LogP contribution in [0.1, 0.15) is 94.9 Å². The van der Waals surface area contributed by atoms with E-state index in [1.165, 1.54) is 0 Å². The highest BCUT2D eigenvalue weighted by molar-refractivity contribution is 7.83. The van der Waals surface area contributed by atoms with E-state index in [4.69, 9.17) is 52.5 Å². The number of thiol groups is 1. The summed E-state index contributed by atoms with van der Waals surface area (Å²) in [5.74, 6) is 4.90. The van der Waals surface area contributed by atoms with E-state index in [1.54, 1.807) is 20.8 Å². The molecule has 1 fully saturated rings. The van der Waals surface area contributed by atoms with E-state index in [0.717, 1.165) is 5.57 Å². The predicted octanol–water partition coefficient (Wildman–Crippen LogP) is 5.25. The molecule has 0 amide bonds. The molecule has 1 heterocycles. The number of rotatable bonds is 22. The lowest BCUT2D eigenvalue weighted by molar-refractivity contribution is -0.302. The fourth-order valence-corrected chi connectivity index (χ4v) is 5.90. The first-order valence-electron chi connectivity index (χ1n) is 16.7. The molecule has 1 rings (SSSR count). The molecule has 0 bridgehead atoms. The maximum atomic E-state index is 14.6. The zero-order valence-electron chi connectivity index (χ0n) is 31.1. The van der Waals surface area contributed by atoms with Gasteiger partial charge in [0.15, 0.2) is 12.1 Å². The molecule has 0 aromatic rings. The number of carbonyl (C=O) groups excluding carboxylic acids is 1. The summed E-state index contributed by atoms with van der Waals surface area (Å²) < 4.78 is 29.8. The van der Waals surface area contributed by atoms with E-state index in [2.05, 4.69) is 13.2 Å². The summed E-state index contributed by atoms with van der Waals surface area (Å²) in [6.45, 7) is 26.2. The molecule has 0 spiro atoms. The number of ether oxygens (including phenoxy) is 5. The van der Waals surface area contributed by atoms with Gasteiger partial charge < -0.3 is 39.1 Å². The number of nitrogens with two attached hydrogens (primary N) is 1. The molecule has 1 saturated heterocycles. The fraction of sp³-hybridized carbons (Fsp3) is 0.829. The number of nitrogens with one attached hydrogen (secondary N) is 1. The van der Waals surface area contributed by atoms with Gasteiger partial charge >= 0.3 is 0 Å². The molecule has 4 N–H and O–H groups in total. The van der Waals surface area contributed by atoms with Gasteiger partial charge in [-0.1, -0.05) is 39.0 Å². The Morgan fingerprint density at radius 2 is 1.77 bits per heavy atom.